The van der Waals surface area contributed by atoms with Crippen molar-refractivity contribution in [1.82, 2.24) is 0 Å². The van der Waals surface area contributed by atoms with Gasteiger partial charge in [0.25, 0.3) is 0 Å². The Labute approximate surface area is 85.9 Å². The van der Waals surface area contributed by atoms with Crippen molar-refractivity contribution in [1.29, 1.82) is 0 Å². The third-order valence-corrected chi connectivity index (χ3v) is 3.69. The molecule has 1 heterocycles. The summed E-state index contributed by atoms with van der Waals surface area (Å²) in [6.07, 6.45) is 2.00. The molecule has 0 amide bonds. The molecule has 2 rings (SSSR count). The summed E-state index contributed by atoms with van der Waals surface area (Å²) in [5.41, 5.74) is 2.76. The monoisotopic (exact) mass is 187 g/mol. The van der Waals surface area contributed by atoms with Crippen molar-refractivity contribution in [2.24, 2.45) is 4.99 Å². The Morgan fingerprint density at radius 2 is 1.64 bits per heavy atom. The number of benzene rings is 1. The van der Waals surface area contributed by atoms with Crippen molar-refractivity contribution in [2.75, 3.05) is 0 Å². The van der Waals surface area contributed by atoms with Crippen molar-refractivity contribution in [3.05, 3.63) is 35.4 Å². The van der Waals surface area contributed by atoms with E-state index in [2.05, 4.69) is 57.0 Å². The molecule has 1 aliphatic rings. The van der Waals surface area contributed by atoms with Crippen molar-refractivity contribution in [3.63, 3.8) is 0 Å². The van der Waals surface area contributed by atoms with Crippen LogP contribution < -0.4 is 0 Å². The van der Waals surface area contributed by atoms with Gasteiger partial charge >= 0.3 is 0 Å². The summed E-state index contributed by atoms with van der Waals surface area (Å²) in [5, 5.41) is 0. The first-order chi connectivity index (χ1) is 6.45. The largest absolute Gasteiger partial charge is 0.286 e. The molecule has 0 bridgehead atoms. The zero-order valence-electron chi connectivity index (χ0n) is 9.33. The molecule has 1 aromatic rings. The van der Waals surface area contributed by atoms with Gasteiger partial charge in [-0.3, -0.25) is 4.99 Å². The molecule has 0 spiro atoms. The summed E-state index contributed by atoms with van der Waals surface area (Å²) in [4.78, 5) is 4.63. The lowest BCUT2D eigenvalue weighted by Crippen LogP contribution is -2.44. The van der Waals surface area contributed by atoms with Gasteiger partial charge in [0.05, 0.1) is 5.54 Å². The third-order valence-electron chi connectivity index (χ3n) is 3.69. The minimum atomic E-state index is -0.0125. The second-order valence-electron chi connectivity index (χ2n) is 5.03. The van der Waals surface area contributed by atoms with Crippen LogP contribution in [0.25, 0.3) is 0 Å². The van der Waals surface area contributed by atoms with E-state index in [0.717, 1.165) is 0 Å². The molecule has 0 aromatic heterocycles. The van der Waals surface area contributed by atoms with Crippen LogP contribution >= 0.6 is 0 Å². The molecule has 0 saturated carbocycles. The highest BCUT2D eigenvalue weighted by Gasteiger charge is 2.40. The Bertz CT molecular complexity index is 386. The van der Waals surface area contributed by atoms with Crippen LogP contribution in [0.15, 0.2) is 29.3 Å². The van der Waals surface area contributed by atoms with Crippen LogP contribution in [0.4, 0.5) is 0 Å². The highest BCUT2D eigenvalue weighted by Crippen LogP contribution is 2.41. The number of hydrogen-bond donors (Lipinski definition) is 0. The van der Waals surface area contributed by atoms with E-state index < -0.39 is 0 Å². The molecule has 0 fully saturated rings. The zero-order valence-corrected chi connectivity index (χ0v) is 9.33. The Morgan fingerprint density at radius 1 is 1.00 bits per heavy atom. The van der Waals surface area contributed by atoms with Gasteiger partial charge in [-0.2, -0.15) is 0 Å². The summed E-state index contributed by atoms with van der Waals surface area (Å²) >= 11 is 0. The van der Waals surface area contributed by atoms with E-state index in [4.69, 9.17) is 0 Å². The third kappa shape index (κ3) is 1.12. The molecule has 0 radical (unpaired) electrons. The number of fused-ring (bicyclic) bond motifs is 1. The topological polar surface area (TPSA) is 12.4 Å². The molecule has 0 unspecified atom stereocenters. The average Bonchev–Trinajstić information content (AvgIpc) is 2.13. The first kappa shape index (κ1) is 9.45. The Morgan fingerprint density at radius 3 is 2.36 bits per heavy atom. The standard InChI is InChI=1S/C13H17N/c1-12(2)11-8-6-5-7-10(11)9-14-13(12,3)4/h5-9H,1-4H3. The van der Waals surface area contributed by atoms with E-state index in [1.54, 1.807) is 0 Å². The smallest absolute Gasteiger partial charge is 0.0643 e. The molecule has 0 saturated heterocycles. The maximum atomic E-state index is 4.63. The SMILES string of the molecule is CC1(C)N=Cc2ccccc2C1(C)C. The second kappa shape index (κ2) is 2.69. The summed E-state index contributed by atoms with van der Waals surface area (Å²) < 4.78 is 0. The lowest BCUT2D eigenvalue weighted by atomic mass is 9.67. The molecule has 74 valence electrons. The molecule has 14 heavy (non-hydrogen) atoms. The fraction of sp³-hybridized carbons (Fsp3) is 0.462. The van der Waals surface area contributed by atoms with Crippen LogP contribution in [-0.2, 0) is 5.41 Å². The van der Waals surface area contributed by atoms with Crippen molar-refractivity contribution in [2.45, 2.75) is 38.6 Å². The van der Waals surface area contributed by atoms with Gasteiger partial charge in [-0.1, -0.05) is 38.1 Å². The van der Waals surface area contributed by atoms with E-state index in [1.807, 2.05) is 6.21 Å². The maximum absolute atomic E-state index is 4.63. The van der Waals surface area contributed by atoms with Crippen molar-refractivity contribution in [3.8, 4) is 0 Å². The van der Waals surface area contributed by atoms with E-state index in [1.165, 1.54) is 11.1 Å². The van der Waals surface area contributed by atoms with E-state index in [0.29, 0.717) is 0 Å². The van der Waals surface area contributed by atoms with Gasteiger partial charge < -0.3 is 0 Å². The quantitative estimate of drug-likeness (QED) is 0.591. The van der Waals surface area contributed by atoms with Crippen LogP contribution in [0.5, 0.6) is 0 Å². The van der Waals surface area contributed by atoms with Crippen LogP contribution in [0.2, 0.25) is 0 Å². The van der Waals surface area contributed by atoms with Gasteiger partial charge in [0.1, 0.15) is 0 Å². The van der Waals surface area contributed by atoms with Gasteiger partial charge in [-0.05, 0) is 25.0 Å². The molecule has 1 nitrogen and oxygen atoms in total. The highest BCUT2D eigenvalue weighted by atomic mass is 14.9. The van der Waals surface area contributed by atoms with Gasteiger partial charge in [-0.15, -0.1) is 0 Å². The Hall–Kier alpha value is -1.11. The maximum Gasteiger partial charge on any atom is 0.0643 e. The first-order valence-electron chi connectivity index (χ1n) is 5.10. The molecule has 0 atom stereocenters. The van der Waals surface area contributed by atoms with Gasteiger partial charge in [0.2, 0.25) is 0 Å². The fourth-order valence-electron chi connectivity index (χ4n) is 1.90. The lowest BCUT2D eigenvalue weighted by molar-refractivity contribution is 0.305. The molecule has 1 aliphatic heterocycles. The van der Waals surface area contributed by atoms with Crippen molar-refractivity contribution >= 4 is 6.21 Å². The molecule has 1 heteroatoms. The summed E-state index contributed by atoms with van der Waals surface area (Å²) in [5.74, 6) is 0. The normalized spacial score (nSPS) is 21.7. The molecule has 0 aliphatic carbocycles. The molecule has 0 N–H and O–H groups in total. The first-order valence-corrected chi connectivity index (χ1v) is 5.10. The second-order valence-corrected chi connectivity index (χ2v) is 5.03. The van der Waals surface area contributed by atoms with Crippen LogP contribution in [0, 0.1) is 0 Å². The Kier molecular flexibility index (Phi) is 1.82. The van der Waals surface area contributed by atoms with Gasteiger partial charge in [0.15, 0.2) is 0 Å². The van der Waals surface area contributed by atoms with Gasteiger partial charge in [0, 0.05) is 11.6 Å². The van der Waals surface area contributed by atoms with Crippen LogP contribution in [0.3, 0.4) is 0 Å². The lowest BCUT2D eigenvalue weighted by Gasteiger charge is -2.42. The van der Waals surface area contributed by atoms with E-state index in [9.17, 15) is 0 Å². The highest BCUT2D eigenvalue weighted by molar-refractivity contribution is 5.84. The molecular formula is C13H17N. The van der Waals surface area contributed by atoms with Gasteiger partial charge in [-0.25, -0.2) is 0 Å². The molecule has 1 aromatic carbocycles. The minimum Gasteiger partial charge on any atom is -0.286 e. The van der Waals surface area contributed by atoms with Crippen LogP contribution in [0.1, 0.15) is 38.8 Å². The summed E-state index contributed by atoms with van der Waals surface area (Å²) in [6, 6.07) is 8.52. The van der Waals surface area contributed by atoms with E-state index >= 15 is 0 Å². The molecular weight excluding hydrogens is 170 g/mol. The predicted octanol–water partition coefficient (Wildman–Crippen LogP) is 3.18. The summed E-state index contributed by atoms with van der Waals surface area (Å²) in [6.45, 7) is 8.92. The zero-order chi connectivity index (χ0) is 10.4. The van der Waals surface area contributed by atoms with Crippen molar-refractivity contribution < 1.29 is 0 Å². The number of nitrogens with zero attached hydrogens (tertiary/aromatic N) is 1. The average molecular weight is 187 g/mol. The number of hydrogen-bond acceptors (Lipinski definition) is 1. The fourth-order valence-corrected chi connectivity index (χ4v) is 1.90. The van der Waals surface area contributed by atoms with E-state index in [-0.39, 0.29) is 11.0 Å². The van der Waals surface area contributed by atoms with Crippen LogP contribution in [-0.4, -0.2) is 11.8 Å². The minimum absolute atomic E-state index is 0.0125. The summed E-state index contributed by atoms with van der Waals surface area (Å²) in [7, 11) is 0. The number of rotatable bonds is 0. The number of aliphatic imine (C=N–C) groups is 1. The Balaban J connectivity index is 2.66. The predicted molar refractivity (Wildman–Crippen MR) is 61.1 cm³/mol.